The molecule has 0 aliphatic carbocycles. The van der Waals surface area contributed by atoms with Crippen molar-refractivity contribution in [3.05, 3.63) is 16.8 Å². The fraction of sp³-hybridized carbons (Fsp3) is 0.500. The smallest absolute Gasteiger partial charge is 0.232 e. The number of aryl methyl sites for hydroxylation is 2. The van der Waals surface area contributed by atoms with Crippen molar-refractivity contribution in [1.82, 2.24) is 20.2 Å². The van der Waals surface area contributed by atoms with Crippen molar-refractivity contribution in [2.24, 2.45) is 0 Å². The van der Waals surface area contributed by atoms with E-state index in [0.29, 0.717) is 12.3 Å². The Morgan fingerprint density at radius 2 is 2.14 bits per heavy atom. The Labute approximate surface area is 145 Å². The molecule has 2 heterocycles. The van der Waals surface area contributed by atoms with Gasteiger partial charge in [-0.25, -0.2) is 9.97 Å². The predicted octanol–water partition coefficient (Wildman–Crippen LogP) is 2.50. The Hall–Kier alpha value is -0.890. The molecule has 122 valence electrons. The van der Waals surface area contributed by atoms with E-state index in [9.17, 15) is 4.79 Å². The maximum atomic E-state index is 12.1. The molecule has 0 spiro atoms. The van der Waals surface area contributed by atoms with E-state index in [0.717, 1.165) is 21.8 Å². The van der Waals surface area contributed by atoms with Crippen LogP contribution in [0.1, 0.15) is 10.4 Å². The van der Waals surface area contributed by atoms with Gasteiger partial charge in [-0.1, -0.05) is 11.8 Å². The Bertz CT molecular complexity index is 647. The van der Waals surface area contributed by atoms with Crippen molar-refractivity contribution in [3.63, 3.8) is 0 Å². The molecule has 0 aliphatic rings. The van der Waals surface area contributed by atoms with Crippen molar-refractivity contribution in [3.8, 4) is 0 Å². The fourth-order valence-corrected chi connectivity index (χ4v) is 3.96. The number of amides is 1. The fourth-order valence-electron chi connectivity index (χ4n) is 1.90. The molecule has 0 bridgehead atoms. The van der Waals surface area contributed by atoms with Gasteiger partial charge in [-0.15, -0.1) is 23.7 Å². The maximum Gasteiger partial charge on any atom is 0.232 e. The molecule has 5 nitrogen and oxygen atoms in total. The van der Waals surface area contributed by atoms with Crippen LogP contribution in [0.5, 0.6) is 0 Å². The van der Waals surface area contributed by atoms with E-state index >= 15 is 0 Å². The van der Waals surface area contributed by atoms with Crippen LogP contribution in [0.2, 0.25) is 0 Å². The van der Waals surface area contributed by atoms with E-state index in [-0.39, 0.29) is 18.3 Å². The van der Waals surface area contributed by atoms with Crippen molar-refractivity contribution < 1.29 is 4.79 Å². The number of carbonyl (C=O) groups excluding carboxylic acids is 1. The Morgan fingerprint density at radius 1 is 1.41 bits per heavy atom. The summed E-state index contributed by atoms with van der Waals surface area (Å²) in [5, 5.41) is 5.04. The first-order chi connectivity index (χ1) is 10.0. The maximum absolute atomic E-state index is 12.1. The standard InChI is InChI=1S/C14H20N4OS2.ClH/c1-9-10(2)21-14-12(9)13(16-8-17-14)20-7-11(19)18(4)6-5-15-3;/h8,15H,5-7H2,1-4H3;1H. The van der Waals surface area contributed by atoms with Crippen LogP contribution in [0.3, 0.4) is 0 Å². The highest BCUT2D eigenvalue weighted by Gasteiger charge is 2.15. The summed E-state index contributed by atoms with van der Waals surface area (Å²) in [7, 11) is 3.71. The van der Waals surface area contributed by atoms with E-state index in [4.69, 9.17) is 0 Å². The number of fused-ring (bicyclic) bond motifs is 1. The second-order valence-corrected chi connectivity index (χ2v) is 7.02. The summed E-state index contributed by atoms with van der Waals surface area (Å²) in [4.78, 5) is 24.7. The Morgan fingerprint density at radius 3 is 2.82 bits per heavy atom. The molecule has 2 rings (SSSR count). The van der Waals surface area contributed by atoms with Gasteiger partial charge in [0.15, 0.2) is 0 Å². The number of thioether (sulfide) groups is 1. The molecule has 0 saturated heterocycles. The number of hydrogen-bond acceptors (Lipinski definition) is 6. The minimum Gasteiger partial charge on any atom is -0.344 e. The van der Waals surface area contributed by atoms with Gasteiger partial charge in [-0.3, -0.25) is 4.79 Å². The van der Waals surface area contributed by atoms with Crippen LogP contribution in [0, 0.1) is 13.8 Å². The number of likely N-dealkylation sites (N-methyl/N-ethyl adjacent to an activating group) is 2. The number of thiophene rings is 1. The van der Waals surface area contributed by atoms with Crippen molar-refractivity contribution in [2.45, 2.75) is 18.9 Å². The van der Waals surface area contributed by atoms with Gasteiger partial charge < -0.3 is 10.2 Å². The SMILES string of the molecule is CNCCN(C)C(=O)CSc1ncnc2sc(C)c(C)c12.Cl. The van der Waals surface area contributed by atoms with Gasteiger partial charge in [0.05, 0.1) is 5.75 Å². The summed E-state index contributed by atoms with van der Waals surface area (Å²) in [5.41, 5.74) is 1.22. The van der Waals surface area contributed by atoms with Crippen LogP contribution in [0.25, 0.3) is 10.2 Å². The van der Waals surface area contributed by atoms with Crippen molar-refractivity contribution >= 4 is 51.6 Å². The summed E-state index contributed by atoms with van der Waals surface area (Å²) >= 11 is 3.17. The first kappa shape index (κ1) is 19.2. The summed E-state index contributed by atoms with van der Waals surface area (Å²) < 4.78 is 0. The molecule has 22 heavy (non-hydrogen) atoms. The summed E-state index contributed by atoms with van der Waals surface area (Å²) in [6, 6.07) is 0. The molecule has 2 aromatic heterocycles. The molecule has 0 radical (unpaired) electrons. The molecule has 1 amide bonds. The van der Waals surface area contributed by atoms with E-state index in [1.807, 2.05) is 14.1 Å². The Balaban J connectivity index is 0.00000242. The summed E-state index contributed by atoms with van der Waals surface area (Å²) in [5.74, 6) is 0.521. The molecule has 8 heteroatoms. The van der Waals surface area contributed by atoms with Gasteiger partial charge in [0, 0.05) is 30.4 Å². The van der Waals surface area contributed by atoms with E-state index in [1.54, 1.807) is 22.6 Å². The zero-order chi connectivity index (χ0) is 15.4. The minimum absolute atomic E-state index is 0. The van der Waals surface area contributed by atoms with Crippen molar-refractivity contribution in [2.75, 3.05) is 32.9 Å². The third-order valence-corrected chi connectivity index (χ3v) is 5.48. The van der Waals surface area contributed by atoms with E-state index in [1.165, 1.54) is 22.2 Å². The van der Waals surface area contributed by atoms with Crippen molar-refractivity contribution in [1.29, 1.82) is 0 Å². The third kappa shape index (κ3) is 4.32. The largest absolute Gasteiger partial charge is 0.344 e. The number of nitrogens with zero attached hydrogens (tertiary/aromatic N) is 3. The highest BCUT2D eigenvalue weighted by Crippen LogP contribution is 2.34. The number of aromatic nitrogens is 2. The van der Waals surface area contributed by atoms with E-state index < -0.39 is 0 Å². The van der Waals surface area contributed by atoms with Crippen LogP contribution in [-0.4, -0.2) is 53.7 Å². The molecule has 1 N–H and O–H groups in total. The first-order valence-electron chi connectivity index (χ1n) is 6.76. The lowest BCUT2D eigenvalue weighted by atomic mass is 10.2. The lowest BCUT2D eigenvalue weighted by molar-refractivity contribution is -0.127. The molecule has 0 fully saturated rings. The molecule has 0 aliphatic heterocycles. The average Bonchev–Trinajstić information content (AvgIpc) is 2.77. The number of rotatable bonds is 6. The minimum atomic E-state index is 0. The zero-order valence-corrected chi connectivity index (χ0v) is 15.6. The molecule has 0 atom stereocenters. The average molecular weight is 361 g/mol. The molecular formula is C14H21ClN4OS2. The van der Waals surface area contributed by atoms with Gasteiger partial charge in [0.2, 0.25) is 5.91 Å². The Kier molecular flexibility index (Phi) is 7.55. The highest BCUT2D eigenvalue weighted by atomic mass is 35.5. The molecule has 0 saturated carbocycles. The number of carbonyl (C=O) groups is 1. The predicted molar refractivity (Wildman–Crippen MR) is 96.4 cm³/mol. The van der Waals surface area contributed by atoms with E-state index in [2.05, 4.69) is 29.1 Å². The second-order valence-electron chi connectivity index (χ2n) is 4.85. The van der Waals surface area contributed by atoms with Crippen LogP contribution >= 0.6 is 35.5 Å². The normalized spacial score (nSPS) is 10.5. The molecule has 0 unspecified atom stereocenters. The van der Waals surface area contributed by atoms with Crippen LogP contribution in [0.15, 0.2) is 11.4 Å². The van der Waals surface area contributed by atoms with Crippen LogP contribution in [-0.2, 0) is 4.79 Å². The van der Waals surface area contributed by atoms with Gasteiger partial charge in [0.1, 0.15) is 16.2 Å². The third-order valence-electron chi connectivity index (χ3n) is 3.39. The topological polar surface area (TPSA) is 58.1 Å². The van der Waals surface area contributed by atoms with Gasteiger partial charge in [0.25, 0.3) is 0 Å². The summed E-state index contributed by atoms with van der Waals surface area (Å²) in [6.07, 6.45) is 1.58. The second kappa shape index (κ2) is 8.67. The number of hydrogen-bond donors (Lipinski definition) is 1. The highest BCUT2D eigenvalue weighted by molar-refractivity contribution is 8.00. The van der Waals surface area contributed by atoms with Crippen LogP contribution in [0.4, 0.5) is 0 Å². The number of nitrogens with one attached hydrogen (secondary N) is 1. The molecule has 0 aromatic carbocycles. The molecule has 2 aromatic rings. The quantitative estimate of drug-likeness (QED) is 0.633. The van der Waals surface area contributed by atoms with Crippen LogP contribution < -0.4 is 5.32 Å². The lowest BCUT2D eigenvalue weighted by Gasteiger charge is -2.16. The van der Waals surface area contributed by atoms with Gasteiger partial charge >= 0.3 is 0 Å². The van der Waals surface area contributed by atoms with Gasteiger partial charge in [-0.05, 0) is 26.5 Å². The van der Waals surface area contributed by atoms with Gasteiger partial charge in [-0.2, -0.15) is 0 Å². The zero-order valence-electron chi connectivity index (χ0n) is 13.2. The lowest BCUT2D eigenvalue weighted by Crippen LogP contribution is -2.33. The first-order valence-corrected chi connectivity index (χ1v) is 8.57. The molecular weight excluding hydrogens is 340 g/mol. The number of halogens is 1. The summed E-state index contributed by atoms with van der Waals surface area (Å²) in [6.45, 7) is 5.69. The monoisotopic (exact) mass is 360 g/mol.